The predicted octanol–water partition coefficient (Wildman–Crippen LogP) is 4.05. The average molecular weight is 239 g/mol. The molecule has 0 saturated heterocycles. The zero-order chi connectivity index (χ0) is 13.0. The summed E-state index contributed by atoms with van der Waals surface area (Å²) in [7, 11) is 0. The molecule has 0 spiro atoms. The van der Waals surface area contributed by atoms with Gasteiger partial charge in [0.15, 0.2) is 0 Å². The summed E-state index contributed by atoms with van der Waals surface area (Å²) in [6, 6.07) is 19.1. The summed E-state index contributed by atoms with van der Waals surface area (Å²) in [5, 5.41) is 0. The van der Waals surface area contributed by atoms with E-state index in [0.29, 0.717) is 5.92 Å². The minimum atomic E-state index is 0.0751. The highest BCUT2D eigenvalue weighted by Gasteiger charge is 2.08. The summed E-state index contributed by atoms with van der Waals surface area (Å²) in [6.07, 6.45) is 0.891. The van der Waals surface area contributed by atoms with Crippen molar-refractivity contribution in [3.8, 4) is 0 Å². The topological polar surface area (TPSA) is 26.0 Å². The maximum Gasteiger partial charge on any atom is 0.0335 e. The van der Waals surface area contributed by atoms with Gasteiger partial charge < -0.3 is 5.73 Å². The van der Waals surface area contributed by atoms with Crippen LogP contribution in [0.3, 0.4) is 0 Å². The Labute approximate surface area is 110 Å². The monoisotopic (exact) mass is 239 g/mol. The molecule has 1 unspecified atom stereocenters. The molecule has 0 bridgehead atoms. The number of hydrogen-bond donors (Lipinski definition) is 1. The van der Waals surface area contributed by atoms with Gasteiger partial charge in [0, 0.05) is 6.04 Å². The van der Waals surface area contributed by atoms with E-state index in [4.69, 9.17) is 5.73 Å². The van der Waals surface area contributed by atoms with Gasteiger partial charge in [0.2, 0.25) is 0 Å². The fourth-order valence-electron chi connectivity index (χ4n) is 2.13. The molecule has 0 aromatic heterocycles. The Bertz CT molecular complexity index is 488. The zero-order valence-electron chi connectivity index (χ0n) is 11.1. The van der Waals surface area contributed by atoms with Crippen LogP contribution in [-0.4, -0.2) is 0 Å². The summed E-state index contributed by atoms with van der Waals surface area (Å²) in [6.45, 7) is 4.42. The summed E-state index contributed by atoms with van der Waals surface area (Å²) in [4.78, 5) is 0. The van der Waals surface area contributed by atoms with Crippen LogP contribution in [0.2, 0.25) is 0 Å². The number of nitrogens with two attached hydrogens (primary N) is 1. The molecule has 2 aromatic rings. The number of hydrogen-bond acceptors (Lipinski definition) is 1. The van der Waals surface area contributed by atoms with Gasteiger partial charge in [-0.2, -0.15) is 0 Å². The van der Waals surface area contributed by atoms with E-state index < -0.39 is 0 Å². The van der Waals surface area contributed by atoms with Gasteiger partial charge in [-0.1, -0.05) is 68.4 Å². The van der Waals surface area contributed by atoms with E-state index in [0.717, 1.165) is 6.42 Å². The molecule has 0 radical (unpaired) electrons. The largest absolute Gasteiger partial charge is 0.324 e. The fraction of sp³-hybridized carbons (Fsp3) is 0.294. The normalized spacial score (nSPS) is 12.7. The van der Waals surface area contributed by atoms with Crippen molar-refractivity contribution in [3.63, 3.8) is 0 Å². The van der Waals surface area contributed by atoms with Gasteiger partial charge in [-0.3, -0.25) is 0 Å². The van der Waals surface area contributed by atoms with Gasteiger partial charge in [-0.15, -0.1) is 0 Å². The van der Waals surface area contributed by atoms with E-state index in [1.165, 1.54) is 16.7 Å². The van der Waals surface area contributed by atoms with Crippen LogP contribution in [0.15, 0.2) is 54.6 Å². The summed E-state index contributed by atoms with van der Waals surface area (Å²) >= 11 is 0. The zero-order valence-corrected chi connectivity index (χ0v) is 11.1. The molecule has 2 rings (SSSR count). The van der Waals surface area contributed by atoms with Crippen molar-refractivity contribution >= 4 is 0 Å². The molecule has 1 atom stereocenters. The van der Waals surface area contributed by atoms with Crippen LogP contribution in [0.25, 0.3) is 0 Å². The van der Waals surface area contributed by atoms with E-state index in [2.05, 4.69) is 62.4 Å². The SMILES string of the molecule is CC(C)c1cccc(C(N)Cc2ccccc2)c1. The second-order valence-corrected chi connectivity index (χ2v) is 5.12. The Kier molecular flexibility index (Phi) is 4.16. The minimum absolute atomic E-state index is 0.0751. The lowest BCUT2D eigenvalue weighted by molar-refractivity contribution is 0.718. The molecule has 0 fully saturated rings. The highest BCUT2D eigenvalue weighted by Crippen LogP contribution is 2.21. The molecule has 0 aliphatic heterocycles. The lowest BCUT2D eigenvalue weighted by Gasteiger charge is -2.14. The standard InChI is InChI=1S/C17H21N/c1-13(2)15-9-6-10-16(12-15)17(18)11-14-7-4-3-5-8-14/h3-10,12-13,17H,11,18H2,1-2H3. The van der Waals surface area contributed by atoms with Gasteiger partial charge in [-0.05, 0) is 29.0 Å². The average Bonchev–Trinajstić information content (AvgIpc) is 2.40. The number of rotatable bonds is 4. The van der Waals surface area contributed by atoms with Crippen LogP contribution in [0.1, 0.15) is 42.5 Å². The van der Waals surface area contributed by atoms with Crippen LogP contribution in [0.5, 0.6) is 0 Å². The first-order valence-corrected chi connectivity index (χ1v) is 6.56. The Balaban J connectivity index is 2.14. The molecule has 94 valence electrons. The van der Waals surface area contributed by atoms with E-state index in [1.54, 1.807) is 0 Å². The van der Waals surface area contributed by atoms with Crippen LogP contribution < -0.4 is 5.73 Å². The molecule has 0 aliphatic rings. The van der Waals surface area contributed by atoms with Gasteiger partial charge >= 0.3 is 0 Å². The molecule has 2 aromatic carbocycles. The molecule has 18 heavy (non-hydrogen) atoms. The Morgan fingerprint density at radius 1 is 0.889 bits per heavy atom. The Morgan fingerprint density at radius 3 is 2.22 bits per heavy atom. The predicted molar refractivity (Wildman–Crippen MR) is 77.6 cm³/mol. The third-order valence-electron chi connectivity index (χ3n) is 3.30. The second kappa shape index (κ2) is 5.83. The van der Waals surface area contributed by atoms with Crippen LogP contribution in [0, 0.1) is 0 Å². The van der Waals surface area contributed by atoms with Gasteiger partial charge in [0.05, 0.1) is 0 Å². The lowest BCUT2D eigenvalue weighted by Crippen LogP contribution is -2.13. The van der Waals surface area contributed by atoms with Gasteiger partial charge in [0.1, 0.15) is 0 Å². The van der Waals surface area contributed by atoms with Crippen molar-refractivity contribution in [1.29, 1.82) is 0 Å². The van der Waals surface area contributed by atoms with Crippen LogP contribution >= 0.6 is 0 Å². The summed E-state index contributed by atoms with van der Waals surface area (Å²) < 4.78 is 0. The molecular formula is C17H21N. The van der Waals surface area contributed by atoms with E-state index in [-0.39, 0.29) is 6.04 Å². The molecule has 0 amide bonds. The van der Waals surface area contributed by atoms with Crippen molar-refractivity contribution in [2.45, 2.75) is 32.2 Å². The second-order valence-electron chi connectivity index (χ2n) is 5.12. The Morgan fingerprint density at radius 2 is 1.56 bits per heavy atom. The van der Waals surface area contributed by atoms with Gasteiger partial charge in [-0.25, -0.2) is 0 Å². The first-order valence-electron chi connectivity index (χ1n) is 6.56. The molecular weight excluding hydrogens is 218 g/mol. The van der Waals surface area contributed by atoms with Gasteiger partial charge in [0.25, 0.3) is 0 Å². The summed E-state index contributed by atoms with van der Waals surface area (Å²) in [5.41, 5.74) is 10.2. The third-order valence-corrected chi connectivity index (χ3v) is 3.30. The van der Waals surface area contributed by atoms with Crippen LogP contribution in [-0.2, 0) is 6.42 Å². The van der Waals surface area contributed by atoms with E-state index in [9.17, 15) is 0 Å². The van der Waals surface area contributed by atoms with E-state index >= 15 is 0 Å². The molecule has 0 aliphatic carbocycles. The third kappa shape index (κ3) is 3.21. The van der Waals surface area contributed by atoms with Crippen molar-refractivity contribution in [3.05, 3.63) is 71.3 Å². The molecule has 2 N–H and O–H groups in total. The smallest absolute Gasteiger partial charge is 0.0335 e. The molecule has 1 heteroatoms. The van der Waals surface area contributed by atoms with E-state index in [1.807, 2.05) is 6.07 Å². The van der Waals surface area contributed by atoms with Crippen molar-refractivity contribution < 1.29 is 0 Å². The lowest BCUT2D eigenvalue weighted by atomic mass is 9.95. The number of benzene rings is 2. The van der Waals surface area contributed by atoms with Crippen molar-refractivity contribution in [2.75, 3.05) is 0 Å². The quantitative estimate of drug-likeness (QED) is 0.855. The minimum Gasteiger partial charge on any atom is -0.324 e. The van der Waals surface area contributed by atoms with Crippen molar-refractivity contribution in [2.24, 2.45) is 5.73 Å². The van der Waals surface area contributed by atoms with Crippen LogP contribution in [0.4, 0.5) is 0 Å². The maximum atomic E-state index is 6.30. The molecule has 0 heterocycles. The first-order chi connectivity index (χ1) is 8.66. The van der Waals surface area contributed by atoms with Crippen molar-refractivity contribution in [1.82, 2.24) is 0 Å². The summed E-state index contributed by atoms with van der Waals surface area (Å²) in [5.74, 6) is 0.550. The molecule has 0 saturated carbocycles. The highest BCUT2D eigenvalue weighted by molar-refractivity contribution is 5.29. The Hall–Kier alpha value is -1.60. The first kappa shape index (κ1) is 12.8. The fourth-order valence-corrected chi connectivity index (χ4v) is 2.13. The maximum absolute atomic E-state index is 6.30. The highest BCUT2D eigenvalue weighted by atomic mass is 14.6. The molecule has 1 nitrogen and oxygen atoms in total.